The average molecular weight is 412 g/mol. The van der Waals surface area contributed by atoms with Gasteiger partial charge in [0.15, 0.2) is 0 Å². The summed E-state index contributed by atoms with van der Waals surface area (Å²) >= 11 is 3.34. The molecule has 0 bridgehead atoms. The zero-order chi connectivity index (χ0) is 18.5. The largest absolute Gasteiger partial charge is 0.438 e. The Kier molecular flexibility index (Phi) is 5.23. The SMILES string of the molecule is N=Cc1c(N)ncnc1Oc1cccc(NC(=O)c2ccc(Br)cc2)c1. The van der Waals surface area contributed by atoms with Crippen LogP contribution in [0.25, 0.3) is 0 Å². The third-order valence-corrected chi connectivity index (χ3v) is 3.96. The van der Waals surface area contributed by atoms with Crippen molar-refractivity contribution in [1.29, 1.82) is 5.41 Å². The van der Waals surface area contributed by atoms with Crippen LogP contribution < -0.4 is 15.8 Å². The van der Waals surface area contributed by atoms with E-state index in [9.17, 15) is 4.79 Å². The van der Waals surface area contributed by atoms with Crippen LogP contribution in [0.5, 0.6) is 11.6 Å². The molecule has 0 saturated carbocycles. The molecule has 1 amide bonds. The Morgan fingerprint density at radius 2 is 1.96 bits per heavy atom. The van der Waals surface area contributed by atoms with Crippen molar-refractivity contribution in [3.8, 4) is 11.6 Å². The fraction of sp³-hybridized carbons (Fsp3) is 0. The van der Waals surface area contributed by atoms with E-state index in [2.05, 4.69) is 31.2 Å². The standard InChI is InChI=1S/C18H14BrN5O2/c19-12-6-4-11(5-7-12)17(25)24-13-2-1-3-14(8-13)26-18-15(9-20)16(21)22-10-23-18/h1-10,20H,(H,24,25)(H2,21,22,23). The summed E-state index contributed by atoms with van der Waals surface area (Å²) in [5, 5.41) is 10.2. The second kappa shape index (κ2) is 7.75. The van der Waals surface area contributed by atoms with Crippen LogP contribution in [-0.2, 0) is 0 Å². The molecule has 26 heavy (non-hydrogen) atoms. The molecule has 7 nitrogen and oxygen atoms in total. The van der Waals surface area contributed by atoms with E-state index in [-0.39, 0.29) is 23.2 Å². The Balaban J connectivity index is 1.78. The van der Waals surface area contributed by atoms with Gasteiger partial charge in [-0.2, -0.15) is 0 Å². The number of nitrogens with two attached hydrogens (primary N) is 1. The van der Waals surface area contributed by atoms with Gasteiger partial charge in [-0.05, 0) is 36.4 Å². The van der Waals surface area contributed by atoms with E-state index in [1.807, 2.05) is 0 Å². The molecule has 0 aliphatic carbocycles. The maximum absolute atomic E-state index is 12.3. The number of halogens is 1. The maximum atomic E-state index is 12.3. The molecule has 1 aromatic heterocycles. The van der Waals surface area contributed by atoms with Crippen molar-refractivity contribution in [3.63, 3.8) is 0 Å². The first-order chi connectivity index (χ1) is 12.6. The number of hydrogen-bond acceptors (Lipinski definition) is 6. The Hall–Kier alpha value is -3.26. The van der Waals surface area contributed by atoms with Gasteiger partial charge in [0, 0.05) is 28.0 Å². The minimum Gasteiger partial charge on any atom is -0.438 e. The van der Waals surface area contributed by atoms with Crippen molar-refractivity contribution in [1.82, 2.24) is 9.97 Å². The lowest BCUT2D eigenvalue weighted by molar-refractivity contribution is 0.102. The fourth-order valence-corrected chi connectivity index (χ4v) is 2.43. The van der Waals surface area contributed by atoms with Crippen molar-refractivity contribution >= 4 is 39.6 Å². The molecular weight excluding hydrogens is 398 g/mol. The van der Waals surface area contributed by atoms with Crippen LogP contribution in [0.2, 0.25) is 0 Å². The van der Waals surface area contributed by atoms with Gasteiger partial charge in [-0.3, -0.25) is 4.79 Å². The van der Waals surface area contributed by atoms with Gasteiger partial charge in [0.25, 0.3) is 5.91 Å². The van der Waals surface area contributed by atoms with Crippen molar-refractivity contribution < 1.29 is 9.53 Å². The molecule has 0 fully saturated rings. The smallest absolute Gasteiger partial charge is 0.255 e. The van der Waals surface area contributed by atoms with Crippen molar-refractivity contribution in [2.45, 2.75) is 0 Å². The topological polar surface area (TPSA) is 114 Å². The van der Waals surface area contributed by atoms with Crippen LogP contribution in [0.15, 0.2) is 59.3 Å². The maximum Gasteiger partial charge on any atom is 0.255 e. The predicted octanol–water partition coefficient (Wildman–Crippen LogP) is 3.86. The zero-order valence-corrected chi connectivity index (χ0v) is 15.0. The van der Waals surface area contributed by atoms with Crippen molar-refractivity contribution in [3.05, 3.63) is 70.5 Å². The van der Waals surface area contributed by atoms with E-state index in [0.29, 0.717) is 17.0 Å². The monoisotopic (exact) mass is 411 g/mol. The van der Waals surface area contributed by atoms with E-state index in [0.717, 1.165) is 10.7 Å². The molecule has 0 unspecified atom stereocenters. The lowest BCUT2D eigenvalue weighted by Gasteiger charge is -2.10. The predicted molar refractivity (Wildman–Crippen MR) is 103 cm³/mol. The summed E-state index contributed by atoms with van der Waals surface area (Å²) in [6.07, 6.45) is 2.29. The molecule has 0 saturated heterocycles. The number of amides is 1. The quantitative estimate of drug-likeness (QED) is 0.551. The summed E-state index contributed by atoms with van der Waals surface area (Å²) in [4.78, 5) is 20.1. The molecule has 3 aromatic rings. The molecule has 0 aliphatic rings. The lowest BCUT2D eigenvalue weighted by Crippen LogP contribution is -2.11. The van der Waals surface area contributed by atoms with Crippen molar-refractivity contribution in [2.24, 2.45) is 0 Å². The normalized spacial score (nSPS) is 10.2. The summed E-state index contributed by atoms with van der Waals surface area (Å²) in [7, 11) is 0. The van der Waals surface area contributed by atoms with Gasteiger partial charge in [-0.25, -0.2) is 9.97 Å². The Morgan fingerprint density at radius 3 is 2.69 bits per heavy atom. The molecule has 8 heteroatoms. The van der Waals surface area contributed by atoms with Gasteiger partial charge < -0.3 is 21.2 Å². The highest BCUT2D eigenvalue weighted by atomic mass is 79.9. The number of nitrogen functional groups attached to an aromatic ring is 1. The molecular formula is C18H14BrN5O2. The number of ether oxygens (including phenoxy) is 1. The van der Waals surface area contributed by atoms with E-state index in [1.54, 1.807) is 48.5 Å². The van der Waals surface area contributed by atoms with Crippen LogP contribution in [0.1, 0.15) is 15.9 Å². The Bertz CT molecular complexity index is 960. The lowest BCUT2D eigenvalue weighted by atomic mass is 10.2. The number of nitrogens with zero attached hydrogens (tertiary/aromatic N) is 2. The first kappa shape index (κ1) is 17.6. The number of carbonyl (C=O) groups excluding carboxylic acids is 1. The van der Waals surface area contributed by atoms with Crippen LogP contribution in [0.3, 0.4) is 0 Å². The Labute approximate surface area is 157 Å². The molecule has 130 valence electrons. The number of nitrogens with one attached hydrogen (secondary N) is 2. The molecule has 0 spiro atoms. The van der Waals surface area contributed by atoms with Gasteiger partial charge in [-0.15, -0.1) is 0 Å². The molecule has 4 N–H and O–H groups in total. The molecule has 0 atom stereocenters. The first-order valence-electron chi connectivity index (χ1n) is 7.52. The van der Waals surface area contributed by atoms with Crippen LogP contribution in [0, 0.1) is 5.41 Å². The third kappa shape index (κ3) is 4.04. The Morgan fingerprint density at radius 1 is 1.19 bits per heavy atom. The second-order valence-electron chi connectivity index (χ2n) is 5.21. The highest BCUT2D eigenvalue weighted by Gasteiger charge is 2.11. The van der Waals surface area contributed by atoms with E-state index >= 15 is 0 Å². The summed E-state index contributed by atoms with van der Waals surface area (Å²) in [6.45, 7) is 0. The molecule has 3 rings (SSSR count). The summed E-state index contributed by atoms with van der Waals surface area (Å²) in [5.74, 6) is 0.537. The summed E-state index contributed by atoms with van der Waals surface area (Å²) < 4.78 is 6.58. The van der Waals surface area contributed by atoms with Crippen LogP contribution in [0.4, 0.5) is 11.5 Å². The van der Waals surface area contributed by atoms with Gasteiger partial charge in [0.2, 0.25) is 5.88 Å². The van der Waals surface area contributed by atoms with Gasteiger partial charge in [0.05, 0.1) is 5.56 Å². The molecule has 0 aliphatic heterocycles. The minimum absolute atomic E-state index is 0.157. The summed E-state index contributed by atoms with van der Waals surface area (Å²) in [6, 6.07) is 13.9. The second-order valence-corrected chi connectivity index (χ2v) is 6.13. The number of aromatic nitrogens is 2. The molecule has 0 radical (unpaired) electrons. The van der Waals surface area contributed by atoms with Gasteiger partial charge in [-0.1, -0.05) is 22.0 Å². The van der Waals surface area contributed by atoms with E-state index < -0.39 is 0 Å². The number of rotatable bonds is 5. The number of carbonyl (C=O) groups is 1. The average Bonchev–Trinajstić information content (AvgIpc) is 2.63. The van der Waals surface area contributed by atoms with E-state index in [1.165, 1.54) is 6.33 Å². The zero-order valence-electron chi connectivity index (χ0n) is 13.4. The van der Waals surface area contributed by atoms with E-state index in [4.69, 9.17) is 15.9 Å². The first-order valence-corrected chi connectivity index (χ1v) is 8.32. The summed E-state index contributed by atoms with van der Waals surface area (Å²) in [5.41, 5.74) is 7.10. The van der Waals surface area contributed by atoms with Gasteiger partial charge in [0.1, 0.15) is 17.9 Å². The van der Waals surface area contributed by atoms with Crippen molar-refractivity contribution in [2.75, 3.05) is 11.1 Å². The molecule has 1 heterocycles. The van der Waals surface area contributed by atoms with Crippen LogP contribution in [-0.4, -0.2) is 22.1 Å². The van der Waals surface area contributed by atoms with Gasteiger partial charge >= 0.3 is 0 Å². The number of anilines is 2. The fourth-order valence-electron chi connectivity index (χ4n) is 2.16. The number of benzene rings is 2. The number of hydrogen-bond donors (Lipinski definition) is 3. The third-order valence-electron chi connectivity index (χ3n) is 3.44. The highest BCUT2D eigenvalue weighted by molar-refractivity contribution is 9.10. The molecule has 2 aromatic carbocycles. The van der Waals surface area contributed by atoms with Crippen LogP contribution >= 0.6 is 15.9 Å². The highest BCUT2D eigenvalue weighted by Crippen LogP contribution is 2.26. The minimum atomic E-state index is -0.235.